The highest BCUT2D eigenvalue weighted by molar-refractivity contribution is 7.89. The second-order valence-corrected chi connectivity index (χ2v) is 11.7. The summed E-state index contributed by atoms with van der Waals surface area (Å²) in [5.41, 5.74) is 3.11. The predicted molar refractivity (Wildman–Crippen MR) is 149 cm³/mol. The van der Waals surface area contributed by atoms with Crippen LogP contribution in [0.25, 0.3) is 12.2 Å². The average Bonchev–Trinajstić information content (AvgIpc) is 2.90. The number of rotatable bonds is 8. The minimum absolute atomic E-state index is 0.0985. The summed E-state index contributed by atoms with van der Waals surface area (Å²) in [6.07, 6.45) is 3.70. The van der Waals surface area contributed by atoms with Crippen molar-refractivity contribution in [2.24, 2.45) is 5.92 Å². The highest BCUT2D eigenvalue weighted by Crippen LogP contribution is 2.34. The number of aliphatic hydroxyl groups is 1. The van der Waals surface area contributed by atoms with Crippen molar-refractivity contribution in [1.82, 2.24) is 9.21 Å². The minimum atomic E-state index is -3.86. The molecule has 3 aromatic carbocycles. The van der Waals surface area contributed by atoms with E-state index in [4.69, 9.17) is 4.74 Å². The predicted octanol–water partition coefficient (Wildman–Crippen LogP) is 4.76. The van der Waals surface area contributed by atoms with Gasteiger partial charge in [0.2, 0.25) is 10.0 Å². The topological polar surface area (TPSA) is 70.1 Å². The van der Waals surface area contributed by atoms with Crippen LogP contribution in [-0.2, 0) is 16.6 Å². The van der Waals surface area contributed by atoms with Gasteiger partial charge in [0, 0.05) is 31.6 Å². The van der Waals surface area contributed by atoms with Crippen LogP contribution < -0.4 is 4.74 Å². The minimum Gasteiger partial charge on any atom is -0.487 e. The molecule has 0 saturated carbocycles. The number of hydrogen-bond donors (Lipinski definition) is 1. The van der Waals surface area contributed by atoms with Crippen LogP contribution in [0.2, 0.25) is 0 Å². The van der Waals surface area contributed by atoms with Gasteiger partial charge in [0.1, 0.15) is 16.7 Å². The fourth-order valence-corrected chi connectivity index (χ4v) is 6.41. The molecule has 0 fully saturated rings. The molecule has 0 radical (unpaired) electrons. The largest absolute Gasteiger partial charge is 0.487 e. The summed E-state index contributed by atoms with van der Waals surface area (Å²) in [4.78, 5) is 2.33. The fraction of sp³-hybridized carbons (Fsp3) is 0.333. The summed E-state index contributed by atoms with van der Waals surface area (Å²) in [6.45, 7) is 5.15. The summed E-state index contributed by atoms with van der Waals surface area (Å²) in [5, 5.41) is 9.86. The zero-order valence-corrected chi connectivity index (χ0v) is 22.5. The van der Waals surface area contributed by atoms with Crippen LogP contribution in [0.1, 0.15) is 30.5 Å². The Kier molecular flexibility index (Phi) is 8.82. The molecular formula is C30H36N2O4S. The van der Waals surface area contributed by atoms with E-state index in [1.807, 2.05) is 74.7 Å². The average molecular weight is 521 g/mol. The van der Waals surface area contributed by atoms with Gasteiger partial charge in [-0.1, -0.05) is 85.8 Å². The Morgan fingerprint density at radius 1 is 1.03 bits per heavy atom. The monoisotopic (exact) mass is 520 g/mol. The third-order valence-corrected chi connectivity index (χ3v) is 8.77. The lowest BCUT2D eigenvalue weighted by Gasteiger charge is -2.37. The van der Waals surface area contributed by atoms with Crippen LogP contribution in [0, 0.1) is 5.92 Å². The van der Waals surface area contributed by atoms with Crippen LogP contribution in [0.4, 0.5) is 0 Å². The Labute approximate surface area is 220 Å². The molecule has 3 atom stereocenters. The van der Waals surface area contributed by atoms with E-state index in [1.165, 1.54) is 9.87 Å². The van der Waals surface area contributed by atoms with Gasteiger partial charge in [-0.25, -0.2) is 8.42 Å². The second kappa shape index (κ2) is 12.0. The first-order chi connectivity index (χ1) is 17.8. The van der Waals surface area contributed by atoms with Gasteiger partial charge in [0.05, 0.1) is 6.61 Å². The quantitative estimate of drug-likeness (QED) is 0.434. The Bertz CT molecular complexity index is 1300. The molecule has 1 heterocycles. The number of nitrogens with zero attached hydrogens (tertiary/aromatic N) is 2. The highest BCUT2D eigenvalue weighted by atomic mass is 32.2. The Balaban J connectivity index is 1.68. The number of hydrogen-bond acceptors (Lipinski definition) is 5. The Morgan fingerprint density at radius 2 is 1.68 bits per heavy atom. The molecule has 7 heteroatoms. The van der Waals surface area contributed by atoms with E-state index in [0.717, 1.165) is 17.7 Å². The van der Waals surface area contributed by atoms with Crippen molar-refractivity contribution in [3.05, 3.63) is 95.6 Å². The van der Waals surface area contributed by atoms with Crippen molar-refractivity contribution in [3.63, 3.8) is 0 Å². The molecule has 1 N–H and O–H groups in total. The Hall–Kier alpha value is -2.97. The van der Waals surface area contributed by atoms with E-state index in [2.05, 4.69) is 17.0 Å². The zero-order valence-electron chi connectivity index (χ0n) is 21.7. The van der Waals surface area contributed by atoms with Gasteiger partial charge in [-0.15, -0.1) is 0 Å². The van der Waals surface area contributed by atoms with Gasteiger partial charge >= 0.3 is 0 Å². The SMILES string of the molecule is C[C@H]1CN([C@@H](C)CO)S(=O)(=O)c2ccc(C=Cc3ccccc3)cc2O[C@@H]1CN(C)Cc1ccccc1. The third-order valence-electron chi connectivity index (χ3n) is 6.75. The summed E-state index contributed by atoms with van der Waals surface area (Å²) < 4.78 is 35.3. The first-order valence-corrected chi connectivity index (χ1v) is 14.1. The molecule has 0 bridgehead atoms. The van der Waals surface area contributed by atoms with Crippen LogP contribution in [-0.4, -0.2) is 61.6 Å². The molecule has 0 unspecified atom stereocenters. The van der Waals surface area contributed by atoms with Crippen LogP contribution in [0.15, 0.2) is 83.8 Å². The number of aliphatic hydroxyl groups excluding tert-OH is 1. The van der Waals surface area contributed by atoms with Gasteiger partial charge in [-0.3, -0.25) is 4.90 Å². The van der Waals surface area contributed by atoms with Crippen LogP contribution in [0.5, 0.6) is 5.75 Å². The molecule has 6 nitrogen and oxygen atoms in total. The summed E-state index contributed by atoms with van der Waals surface area (Å²) >= 11 is 0. The number of benzene rings is 3. The number of fused-ring (bicyclic) bond motifs is 1. The molecule has 3 aromatic rings. The van der Waals surface area contributed by atoms with E-state index in [9.17, 15) is 13.5 Å². The summed E-state index contributed by atoms with van der Waals surface area (Å²) in [7, 11) is -1.81. The van der Waals surface area contributed by atoms with Crippen molar-refractivity contribution < 1.29 is 18.3 Å². The van der Waals surface area contributed by atoms with E-state index in [-0.39, 0.29) is 30.1 Å². The molecule has 37 heavy (non-hydrogen) atoms. The maximum atomic E-state index is 13.7. The molecule has 0 aliphatic carbocycles. The van der Waals surface area contributed by atoms with E-state index in [0.29, 0.717) is 12.3 Å². The smallest absolute Gasteiger partial charge is 0.247 e. The normalized spacial score (nSPS) is 20.7. The molecular weight excluding hydrogens is 484 g/mol. The third kappa shape index (κ3) is 6.67. The van der Waals surface area contributed by atoms with Crippen molar-refractivity contribution in [3.8, 4) is 5.75 Å². The standard InChI is InChI=1S/C30H36N2O4S/c1-23-19-32(24(2)22-33)37(34,35)30-17-16-26(15-14-25-10-6-4-7-11-25)18-28(30)36-29(23)21-31(3)20-27-12-8-5-9-13-27/h4-18,23-24,29,33H,19-22H2,1-3H3/t23-,24-,29+/m0/s1. The van der Waals surface area contributed by atoms with E-state index >= 15 is 0 Å². The molecule has 0 saturated heterocycles. The number of likely N-dealkylation sites (N-methyl/N-ethyl adjacent to an activating group) is 1. The fourth-order valence-electron chi connectivity index (χ4n) is 4.59. The van der Waals surface area contributed by atoms with Crippen molar-refractivity contribution in [2.75, 3.05) is 26.7 Å². The Morgan fingerprint density at radius 3 is 2.35 bits per heavy atom. The van der Waals surface area contributed by atoms with Crippen molar-refractivity contribution in [2.45, 2.75) is 37.4 Å². The molecule has 1 aliphatic heterocycles. The maximum Gasteiger partial charge on any atom is 0.247 e. The summed E-state index contributed by atoms with van der Waals surface area (Å²) in [5.74, 6) is 0.244. The van der Waals surface area contributed by atoms with Crippen molar-refractivity contribution >= 4 is 22.2 Å². The summed E-state index contributed by atoms with van der Waals surface area (Å²) in [6, 6.07) is 24.9. The zero-order chi connectivity index (χ0) is 26.4. The second-order valence-electron chi connectivity index (χ2n) is 9.87. The molecule has 1 aliphatic rings. The molecule has 0 amide bonds. The van der Waals surface area contributed by atoms with Gasteiger partial charge in [0.15, 0.2) is 0 Å². The van der Waals surface area contributed by atoms with Gasteiger partial charge in [-0.2, -0.15) is 4.31 Å². The maximum absolute atomic E-state index is 13.7. The first-order valence-electron chi connectivity index (χ1n) is 12.7. The lowest BCUT2D eigenvalue weighted by molar-refractivity contribution is 0.0733. The first kappa shape index (κ1) is 27.1. The van der Waals surface area contributed by atoms with Gasteiger partial charge < -0.3 is 9.84 Å². The molecule has 196 valence electrons. The van der Waals surface area contributed by atoms with Crippen LogP contribution >= 0.6 is 0 Å². The molecule has 4 rings (SSSR count). The lowest BCUT2D eigenvalue weighted by atomic mass is 10.0. The highest BCUT2D eigenvalue weighted by Gasteiger charge is 2.38. The number of sulfonamides is 1. The van der Waals surface area contributed by atoms with Gasteiger partial charge in [0.25, 0.3) is 0 Å². The van der Waals surface area contributed by atoms with Crippen molar-refractivity contribution in [1.29, 1.82) is 0 Å². The molecule has 0 aromatic heterocycles. The molecule has 0 spiro atoms. The van der Waals surface area contributed by atoms with E-state index < -0.39 is 16.1 Å². The van der Waals surface area contributed by atoms with E-state index in [1.54, 1.807) is 25.1 Å². The van der Waals surface area contributed by atoms with Gasteiger partial charge in [-0.05, 0) is 42.8 Å². The van der Waals surface area contributed by atoms with Crippen LogP contribution in [0.3, 0.4) is 0 Å². The number of ether oxygens (including phenoxy) is 1. The lowest BCUT2D eigenvalue weighted by Crippen LogP contribution is -2.49.